The number of rotatable bonds is 3. The van der Waals surface area contributed by atoms with Gasteiger partial charge in [-0.3, -0.25) is 0 Å². The third-order valence-electron chi connectivity index (χ3n) is 3.94. The van der Waals surface area contributed by atoms with Gasteiger partial charge in [-0.05, 0) is 72.4 Å². The summed E-state index contributed by atoms with van der Waals surface area (Å²) in [5, 5.41) is 3.12. The average Bonchev–Trinajstić information content (AvgIpc) is 2.88. The van der Waals surface area contributed by atoms with Gasteiger partial charge in [0.1, 0.15) is 11.6 Å². The molecule has 0 saturated carbocycles. The van der Waals surface area contributed by atoms with Crippen LogP contribution in [0.2, 0.25) is 0 Å². The van der Waals surface area contributed by atoms with Crippen LogP contribution in [0.4, 0.5) is 8.78 Å². The summed E-state index contributed by atoms with van der Waals surface area (Å²) >= 11 is 4.74. The van der Waals surface area contributed by atoms with Crippen molar-refractivity contribution >= 4 is 27.3 Å². The van der Waals surface area contributed by atoms with Gasteiger partial charge in [0.15, 0.2) is 0 Å². The lowest BCUT2D eigenvalue weighted by Crippen LogP contribution is -2.18. The maximum atomic E-state index is 14.2. The van der Waals surface area contributed by atoms with Crippen LogP contribution in [0, 0.1) is 11.6 Å². The minimum atomic E-state index is -0.437. The van der Waals surface area contributed by atoms with Crippen molar-refractivity contribution in [3.8, 4) is 0 Å². The van der Waals surface area contributed by atoms with Crippen LogP contribution in [0.25, 0.3) is 0 Å². The molecule has 1 aliphatic carbocycles. The fourth-order valence-corrected chi connectivity index (χ4v) is 4.57. The second-order valence-electron chi connectivity index (χ2n) is 5.31. The summed E-state index contributed by atoms with van der Waals surface area (Å²) in [6, 6.07) is 4.32. The predicted molar refractivity (Wildman–Crippen MR) is 85.9 cm³/mol. The van der Waals surface area contributed by atoms with E-state index in [0.29, 0.717) is 5.56 Å². The molecule has 0 spiro atoms. The minimum absolute atomic E-state index is 0.157. The molecule has 0 fully saturated rings. The molecule has 1 aromatic carbocycles. The van der Waals surface area contributed by atoms with Crippen LogP contribution in [-0.2, 0) is 12.8 Å². The summed E-state index contributed by atoms with van der Waals surface area (Å²) in [5.74, 6) is -0.832. The first-order valence-corrected chi connectivity index (χ1v) is 8.64. The van der Waals surface area contributed by atoms with Crippen molar-refractivity contribution in [3.05, 3.63) is 55.2 Å². The molecule has 1 N–H and O–H groups in total. The molecule has 0 aliphatic heterocycles. The smallest absolute Gasteiger partial charge is 0.137 e. The van der Waals surface area contributed by atoms with Crippen molar-refractivity contribution < 1.29 is 8.78 Å². The molecule has 0 bridgehead atoms. The Morgan fingerprint density at radius 1 is 1.14 bits per heavy atom. The van der Waals surface area contributed by atoms with E-state index in [9.17, 15) is 8.78 Å². The summed E-state index contributed by atoms with van der Waals surface area (Å²) in [4.78, 5) is 2.46. The minimum Gasteiger partial charge on any atom is -0.309 e. The number of thiophene rings is 1. The Kier molecular flexibility index (Phi) is 4.43. The van der Waals surface area contributed by atoms with Gasteiger partial charge in [0.05, 0.1) is 10.5 Å². The van der Waals surface area contributed by atoms with E-state index in [1.54, 1.807) is 18.4 Å². The normalized spacial score (nSPS) is 15.8. The fourth-order valence-electron chi connectivity index (χ4n) is 2.87. The van der Waals surface area contributed by atoms with E-state index in [0.717, 1.165) is 17.7 Å². The van der Waals surface area contributed by atoms with Crippen LogP contribution >= 0.6 is 27.3 Å². The lowest BCUT2D eigenvalue weighted by Gasteiger charge is -2.16. The van der Waals surface area contributed by atoms with E-state index < -0.39 is 11.6 Å². The van der Waals surface area contributed by atoms with Gasteiger partial charge in [0, 0.05) is 15.3 Å². The summed E-state index contributed by atoms with van der Waals surface area (Å²) in [6.07, 6.45) is 4.64. The zero-order chi connectivity index (χ0) is 15.0. The second-order valence-corrected chi connectivity index (χ2v) is 7.34. The molecule has 5 heteroatoms. The lowest BCUT2D eigenvalue weighted by atomic mass is 9.97. The maximum Gasteiger partial charge on any atom is 0.137 e. The van der Waals surface area contributed by atoms with Gasteiger partial charge in [-0.25, -0.2) is 8.78 Å². The van der Waals surface area contributed by atoms with E-state index in [1.807, 2.05) is 0 Å². The molecule has 2 aromatic rings. The van der Waals surface area contributed by atoms with Crippen molar-refractivity contribution in [1.82, 2.24) is 5.32 Å². The first-order valence-electron chi connectivity index (χ1n) is 7.03. The molecule has 112 valence electrons. The average molecular weight is 372 g/mol. The molecular formula is C16H16BrF2NS. The van der Waals surface area contributed by atoms with Crippen molar-refractivity contribution in [2.45, 2.75) is 31.7 Å². The molecule has 1 unspecified atom stereocenters. The number of benzene rings is 1. The number of hydrogen-bond donors (Lipinski definition) is 1. The van der Waals surface area contributed by atoms with Crippen molar-refractivity contribution in [1.29, 1.82) is 0 Å². The molecule has 1 atom stereocenters. The summed E-state index contributed by atoms with van der Waals surface area (Å²) in [7, 11) is 1.78. The Morgan fingerprint density at radius 3 is 2.62 bits per heavy atom. The SMILES string of the molecule is CNC(c1cc2c(s1)CCCC2)c1cc(F)c(Br)cc1F. The van der Waals surface area contributed by atoms with Gasteiger partial charge >= 0.3 is 0 Å². The van der Waals surface area contributed by atoms with E-state index in [-0.39, 0.29) is 10.5 Å². The van der Waals surface area contributed by atoms with Gasteiger partial charge in [-0.2, -0.15) is 0 Å². The number of nitrogens with one attached hydrogen (secondary N) is 1. The van der Waals surface area contributed by atoms with Crippen LogP contribution in [0.3, 0.4) is 0 Å². The highest BCUT2D eigenvalue weighted by Gasteiger charge is 2.23. The van der Waals surface area contributed by atoms with Crippen LogP contribution < -0.4 is 5.32 Å². The van der Waals surface area contributed by atoms with Crippen LogP contribution in [0.1, 0.15) is 39.8 Å². The largest absolute Gasteiger partial charge is 0.309 e. The molecule has 1 heterocycles. The second kappa shape index (κ2) is 6.15. The Balaban J connectivity index is 2.02. The highest BCUT2D eigenvalue weighted by molar-refractivity contribution is 9.10. The molecule has 0 saturated heterocycles. The zero-order valence-electron chi connectivity index (χ0n) is 11.7. The monoisotopic (exact) mass is 371 g/mol. The highest BCUT2D eigenvalue weighted by Crippen LogP contribution is 2.36. The Hall–Kier alpha value is -0.780. The van der Waals surface area contributed by atoms with Crippen LogP contribution in [-0.4, -0.2) is 7.05 Å². The van der Waals surface area contributed by atoms with Crippen molar-refractivity contribution in [2.75, 3.05) is 7.05 Å². The Morgan fingerprint density at radius 2 is 1.90 bits per heavy atom. The molecular weight excluding hydrogens is 356 g/mol. The lowest BCUT2D eigenvalue weighted by molar-refractivity contribution is 0.557. The third-order valence-corrected chi connectivity index (χ3v) is 5.85. The number of aryl methyl sites for hydroxylation is 2. The highest BCUT2D eigenvalue weighted by atomic mass is 79.9. The predicted octanol–water partition coefficient (Wildman–Crippen LogP) is 4.98. The quantitative estimate of drug-likeness (QED) is 0.750. The fraction of sp³-hybridized carbons (Fsp3) is 0.375. The van der Waals surface area contributed by atoms with E-state index in [2.05, 4.69) is 27.3 Å². The van der Waals surface area contributed by atoms with Crippen LogP contribution in [0.15, 0.2) is 22.7 Å². The number of halogens is 3. The summed E-state index contributed by atoms with van der Waals surface area (Å²) in [6.45, 7) is 0. The van der Waals surface area contributed by atoms with Gasteiger partial charge < -0.3 is 5.32 Å². The molecule has 1 nitrogen and oxygen atoms in total. The van der Waals surface area contributed by atoms with Gasteiger partial charge in [0.25, 0.3) is 0 Å². The van der Waals surface area contributed by atoms with Gasteiger partial charge in [0.2, 0.25) is 0 Å². The molecule has 21 heavy (non-hydrogen) atoms. The topological polar surface area (TPSA) is 12.0 Å². The molecule has 1 aromatic heterocycles. The van der Waals surface area contributed by atoms with E-state index in [1.165, 1.54) is 35.4 Å². The molecule has 0 radical (unpaired) electrons. The summed E-state index contributed by atoms with van der Waals surface area (Å²) in [5.41, 5.74) is 1.73. The number of fused-ring (bicyclic) bond motifs is 1. The van der Waals surface area contributed by atoms with Crippen molar-refractivity contribution in [2.24, 2.45) is 0 Å². The molecule has 0 amide bonds. The first-order chi connectivity index (χ1) is 10.1. The van der Waals surface area contributed by atoms with E-state index in [4.69, 9.17) is 0 Å². The first kappa shape index (κ1) is 15.1. The van der Waals surface area contributed by atoms with Crippen LogP contribution in [0.5, 0.6) is 0 Å². The van der Waals surface area contributed by atoms with E-state index >= 15 is 0 Å². The zero-order valence-corrected chi connectivity index (χ0v) is 14.1. The Labute approximate surface area is 135 Å². The molecule has 1 aliphatic rings. The number of hydrogen-bond acceptors (Lipinski definition) is 2. The van der Waals surface area contributed by atoms with Gasteiger partial charge in [-0.15, -0.1) is 11.3 Å². The van der Waals surface area contributed by atoms with Crippen molar-refractivity contribution in [3.63, 3.8) is 0 Å². The summed E-state index contributed by atoms with van der Waals surface area (Å²) < 4.78 is 28.1. The Bertz CT molecular complexity index is 645. The standard InChI is InChI=1S/C16H16BrF2NS/c1-20-16(10-7-13(19)11(17)8-12(10)18)15-6-9-4-2-3-5-14(9)21-15/h6-8,16,20H,2-5H2,1H3. The molecule has 3 rings (SSSR count). The third kappa shape index (κ3) is 2.91. The van der Waals surface area contributed by atoms with Gasteiger partial charge in [-0.1, -0.05) is 0 Å². The maximum absolute atomic E-state index is 14.2.